The highest BCUT2D eigenvalue weighted by Gasteiger charge is 2.26. The molecule has 4 heteroatoms. The van der Waals surface area contributed by atoms with Crippen LogP contribution in [0.4, 0.5) is 0 Å². The summed E-state index contributed by atoms with van der Waals surface area (Å²) in [6.07, 6.45) is 2.53. The van der Waals surface area contributed by atoms with Gasteiger partial charge in [0.1, 0.15) is 5.76 Å². The number of hydrogen-bond acceptors (Lipinski definition) is 4. The lowest BCUT2D eigenvalue weighted by atomic mass is 9.93. The highest BCUT2D eigenvalue weighted by Crippen LogP contribution is 2.34. The zero-order chi connectivity index (χ0) is 14.1. The average molecular weight is 269 g/mol. The third kappa shape index (κ3) is 2.41. The van der Waals surface area contributed by atoms with Gasteiger partial charge in [0.2, 0.25) is 0 Å². The van der Waals surface area contributed by atoms with Crippen LogP contribution >= 0.6 is 0 Å². The van der Waals surface area contributed by atoms with E-state index in [4.69, 9.17) is 10.2 Å². The van der Waals surface area contributed by atoms with E-state index >= 15 is 0 Å². The van der Waals surface area contributed by atoms with Gasteiger partial charge in [0.25, 0.3) is 0 Å². The summed E-state index contributed by atoms with van der Waals surface area (Å²) in [6.45, 7) is 4.22. The van der Waals surface area contributed by atoms with Crippen molar-refractivity contribution < 1.29 is 4.42 Å². The molecule has 3 N–H and O–H groups in total. The number of rotatable bonds is 2. The van der Waals surface area contributed by atoms with E-state index in [1.807, 2.05) is 12.1 Å². The van der Waals surface area contributed by atoms with Gasteiger partial charge in [-0.15, -0.1) is 0 Å². The number of hydrogen-bond donors (Lipinski definition) is 2. The van der Waals surface area contributed by atoms with Crippen molar-refractivity contribution in [2.75, 3.05) is 0 Å². The number of nitrogens with zero attached hydrogens (tertiary/aromatic N) is 1. The maximum Gasteiger partial charge on any atom is 0.189 e. The Labute approximate surface area is 118 Å². The van der Waals surface area contributed by atoms with Crippen molar-refractivity contribution in [1.82, 2.24) is 5.32 Å². The minimum atomic E-state index is 0.0759. The smallest absolute Gasteiger partial charge is 0.189 e. The number of benzene rings is 1. The van der Waals surface area contributed by atoms with Gasteiger partial charge in [-0.05, 0) is 37.1 Å². The molecule has 3 rings (SSSR count). The Hall–Kier alpha value is -2.23. The third-order valence-electron chi connectivity index (χ3n) is 3.75. The van der Waals surface area contributed by atoms with Gasteiger partial charge in [-0.1, -0.05) is 23.8 Å². The van der Waals surface area contributed by atoms with Crippen LogP contribution in [0.25, 0.3) is 0 Å². The molecule has 104 valence electrons. The van der Waals surface area contributed by atoms with Gasteiger partial charge in [0, 0.05) is 6.42 Å². The fourth-order valence-corrected chi connectivity index (χ4v) is 2.79. The fourth-order valence-electron chi connectivity index (χ4n) is 2.79. The van der Waals surface area contributed by atoms with E-state index in [1.54, 1.807) is 6.26 Å². The highest BCUT2D eigenvalue weighted by molar-refractivity contribution is 5.79. The van der Waals surface area contributed by atoms with Crippen molar-refractivity contribution in [1.29, 1.82) is 0 Å². The summed E-state index contributed by atoms with van der Waals surface area (Å²) in [5, 5.41) is 3.18. The highest BCUT2D eigenvalue weighted by atomic mass is 16.3. The van der Waals surface area contributed by atoms with E-state index in [2.05, 4.69) is 42.4 Å². The molecule has 0 amide bonds. The Morgan fingerprint density at radius 3 is 2.85 bits per heavy atom. The summed E-state index contributed by atoms with van der Waals surface area (Å²) in [4.78, 5) is 4.54. The molecular weight excluding hydrogens is 250 g/mol. The first-order chi connectivity index (χ1) is 9.63. The molecule has 2 aromatic rings. The molecule has 0 spiro atoms. The van der Waals surface area contributed by atoms with E-state index < -0.39 is 0 Å². The predicted octanol–water partition coefficient (Wildman–Crippen LogP) is 2.99. The molecule has 0 bridgehead atoms. The number of nitrogens with two attached hydrogens (primary N) is 1. The maximum atomic E-state index is 5.94. The fraction of sp³-hybridized carbons (Fsp3) is 0.312. The zero-order valence-electron chi connectivity index (χ0n) is 11.8. The molecule has 1 aromatic heterocycles. The van der Waals surface area contributed by atoms with Gasteiger partial charge in [-0.2, -0.15) is 0 Å². The van der Waals surface area contributed by atoms with Gasteiger partial charge < -0.3 is 15.5 Å². The Morgan fingerprint density at radius 2 is 2.15 bits per heavy atom. The van der Waals surface area contributed by atoms with Crippen molar-refractivity contribution in [2.24, 2.45) is 10.7 Å². The van der Waals surface area contributed by atoms with E-state index in [-0.39, 0.29) is 12.1 Å². The number of aryl methyl sites for hydroxylation is 2. The topological polar surface area (TPSA) is 63.5 Å². The lowest BCUT2D eigenvalue weighted by Crippen LogP contribution is -2.39. The molecule has 0 aliphatic carbocycles. The summed E-state index contributed by atoms with van der Waals surface area (Å²) >= 11 is 0. The normalized spacial score (nSPS) is 22.2. The number of nitrogens with one attached hydrogen (secondary N) is 1. The van der Waals surface area contributed by atoms with E-state index in [0.29, 0.717) is 5.96 Å². The summed E-state index contributed by atoms with van der Waals surface area (Å²) in [6, 6.07) is 10.5. The summed E-state index contributed by atoms with van der Waals surface area (Å²) in [7, 11) is 0. The van der Waals surface area contributed by atoms with E-state index in [1.165, 1.54) is 16.7 Å². The van der Waals surface area contributed by atoms with Crippen molar-refractivity contribution >= 4 is 5.96 Å². The van der Waals surface area contributed by atoms with Crippen molar-refractivity contribution in [3.05, 3.63) is 59.0 Å². The third-order valence-corrected chi connectivity index (χ3v) is 3.75. The second-order valence-corrected chi connectivity index (χ2v) is 5.34. The van der Waals surface area contributed by atoms with Gasteiger partial charge >= 0.3 is 0 Å². The molecule has 0 fully saturated rings. The number of furan rings is 1. The summed E-state index contributed by atoms with van der Waals surface area (Å²) < 4.78 is 5.48. The first kappa shape index (κ1) is 12.8. The monoisotopic (exact) mass is 269 g/mol. The van der Waals surface area contributed by atoms with Gasteiger partial charge in [-0.3, -0.25) is 0 Å². The van der Waals surface area contributed by atoms with Gasteiger partial charge in [-0.25, -0.2) is 4.99 Å². The van der Waals surface area contributed by atoms with Crippen LogP contribution in [0.1, 0.15) is 41.0 Å². The van der Waals surface area contributed by atoms with Crippen LogP contribution in [-0.2, 0) is 0 Å². The van der Waals surface area contributed by atoms with Crippen LogP contribution in [0.2, 0.25) is 0 Å². The van der Waals surface area contributed by atoms with E-state index in [9.17, 15) is 0 Å². The minimum absolute atomic E-state index is 0.0759. The molecule has 0 saturated heterocycles. The summed E-state index contributed by atoms with van der Waals surface area (Å²) in [5.74, 6) is 1.38. The second kappa shape index (κ2) is 5.04. The average Bonchev–Trinajstić information content (AvgIpc) is 2.91. The van der Waals surface area contributed by atoms with Crippen LogP contribution in [0.5, 0.6) is 0 Å². The minimum Gasteiger partial charge on any atom is -0.467 e. The SMILES string of the molecule is Cc1ccc(C2CC(c3ccco3)NC(N)=N2)c(C)c1. The van der Waals surface area contributed by atoms with Crippen LogP contribution in [-0.4, -0.2) is 5.96 Å². The second-order valence-electron chi connectivity index (χ2n) is 5.34. The first-order valence-corrected chi connectivity index (χ1v) is 6.84. The standard InChI is InChI=1S/C16H19N3O/c1-10-5-6-12(11(2)8-10)13-9-14(19-16(17)18-13)15-4-3-7-20-15/h3-8,13-14H,9H2,1-2H3,(H3,17,18,19). The lowest BCUT2D eigenvalue weighted by molar-refractivity contribution is 0.395. The van der Waals surface area contributed by atoms with Gasteiger partial charge in [0.05, 0.1) is 18.3 Å². The number of aliphatic imine (C=N–C) groups is 1. The molecular formula is C16H19N3O. The Balaban J connectivity index is 1.91. The summed E-state index contributed by atoms with van der Waals surface area (Å²) in [5.41, 5.74) is 9.69. The van der Waals surface area contributed by atoms with Crippen LogP contribution in [0, 0.1) is 13.8 Å². The maximum absolute atomic E-state index is 5.94. The Kier molecular flexibility index (Phi) is 3.22. The molecule has 1 aliphatic heterocycles. The number of guanidine groups is 1. The van der Waals surface area contributed by atoms with Gasteiger partial charge in [0.15, 0.2) is 5.96 Å². The largest absolute Gasteiger partial charge is 0.467 e. The molecule has 1 aromatic carbocycles. The molecule has 2 unspecified atom stereocenters. The van der Waals surface area contributed by atoms with E-state index in [0.717, 1.165) is 12.2 Å². The molecule has 0 saturated carbocycles. The zero-order valence-corrected chi connectivity index (χ0v) is 11.8. The molecule has 1 aliphatic rings. The van der Waals surface area contributed by atoms with Crippen LogP contribution in [0.15, 0.2) is 46.0 Å². The lowest BCUT2D eigenvalue weighted by Gasteiger charge is -2.28. The molecule has 0 radical (unpaired) electrons. The Bertz CT molecular complexity index is 631. The Morgan fingerprint density at radius 1 is 1.30 bits per heavy atom. The molecule has 20 heavy (non-hydrogen) atoms. The first-order valence-electron chi connectivity index (χ1n) is 6.84. The van der Waals surface area contributed by atoms with Crippen molar-refractivity contribution in [2.45, 2.75) is 32.4 Å². The van der Waals surface area contributed by atoms with Crippen molar-refractivity contribution in [3.8, 4) is 0 Å². The quantitative estimate of drug-likeness (QED) is 0.881. The molecule has 2 atom stereocenters. The predicted molar refractivity (Wildman–Crippen MR) is 79.5 cm³/mol. The molecule has 4 nitrogen and oxygen atoms in total. The van der Waals surface area contributed by atoms with Crippen molar-refractivity contribution in [3.63, 3.8) is 0 Å². The van der Waals surface area contributed by atoms with Crippen LogP contribution < -0.4 is 11.1 Å². The van der Waals surface area contributed by atoms with Crippen LogP contribution in [0.3, 0.4) is 0 Å². The molecule has 2 heterocycles.